The number of halogens is 3. The Morgan fingerprint density at radius 2 is 2.00 bits per heavy atom. The summed E-state index contributed by atoms with van der Waals surface area (Å²) in [5.74, 6) is 0.797. The maximum atomic E-state index is 12.8. The SMILES string of the molecule is O=C(OCc1nccs1)N1CC2CC(Oc3cccc(C(F)(F)F)c3)CC2C1. The summed E-state index contributed by atoms with van der Waals surface area (Å²) in [6, 6.07) is 4.97. The van der Waals surface area contributed by atoms with Crippen LogP contribution in [0.15, 0.2) is 35.8 Å². The van der Waals surface area contributed by atoms with Crippen molar-refractivity contribution in [2.24, 2.45) is 11.8 Å². The largest absolute Gasteiger partial charge is 0.490 e. The third kappa shape index (κ3) is 4.24. The van der Waals surface area contributed by atoms with Gasteiger partial charge in [0.05, 0.1) is 11.7 Å². The van der Waals surface area contributed by atoms with Gasteiger partial charge in [0.2, 0.25) is 0 Å². The Labute approximate surface area is 164 Å². The molecule has 2 aliphatic rings. The van der Waals surface area contributed by atoms with Gasteiger partial charge in [-0.3, -0.25) is 0 Å². The van der Waals surface area contributed by atoms with Crippen LogP contribution in [0.3, 0.4) is 0 Å². The first-order valence-electron chi connectivity index (χ1n) is 9.02. The maximum absolute atomic E-state index is 12.8. The van der Waals surface area contributed by atoms with Crippen molar-refractivity contribution in [3.8, 4) is 5.75 Å². The summed E-state index contributed by atoms with van der Waals surface area (Å²) in [4.78, 5) is 18.0. The monoisotopic (exact) mass is 412 g/mol. The zero-order chi connectivity index (χ0) is 19.7. The molecule has 1 aromatic carbocycles. The molecular weight excluding hydrogens is 393 g/mol. The number of carbonyl (C=O) groups is 1. The van der Waals surface area contributed by atoms with Crippen molar-refractivity contribution in [2.45, 2.75) is 31.7 Å². The highest BCUT2D eigenvalue weighted by atomic mass is 32.1. The Morgan fingerprint density at radius 3 is 2.64 bits per heavy atom. The van der Waals surface area contributed by atoms with Crippen LogP contribution in [0.4, 0.5) is 18.0 Å². The third-order valence-corrected chi connectivity index (χ3v) is 5.99. The van der Waals surface area contributed by atoms with Gasteiger partial charge in [0, 0.05) is 24.7 Å². The van der Waals surface area contributed by atoms with Gasteiger partial charge < -0.3 is 14.4 Å². The number of aromatic nitrogens is 1. The number of thiazole rings is 1. The van der Waals surface area contributed by atoms with Crippen molar-refractivity contribution in [2.75, 3.05) is 13.1 Å². The topological polar surface area (TPSA) is 51.7 Å². The second-order valence-corrected chi connectivity index (χ2v) is 8.12. The second kappa shape index (κ2) is 7.62. The first kappa shape index (κ1) is 19.0. The summed E-state index contributed by atoms with van der Waals surface area (Å²) >= 11 is 1.43. The van der Waals surface area contributed by atoms with Crippen molar-refractivity contribution in [1.82, 2.24) is 9.88 Å². The zero-order valence-electron chi connectivity index (χ0n) is 14.9. The minimum Gasteiger partial charge on any atom is -0.490 e. The highest BCUT2D eigenvalue weighted by molar-refractivity contribution is 7.09. The van der Waals surface area contributed by atoms with Crippen molar-refractivity contribution >= 4 is 17.4 Å². The molecule has 150 valence electrons. The molecule has 1 aliphatic carbocycles. The van der Waals surface area contributed by atoms with E-state index in [-0.39, 0.29) is 36.4 Å². The molecule has 28 heavy (non-hydrogen) atoms. The number of hydrogen-bond acceptors (Lipinski definition) is 5. The summed E-state index contributed by atoms with van der Waals surface area (Å²) in [6.07, 6.45) is -1.76. The van der Waals surface area contributed by atoms with Crippen LogP contribution in [0.25, 0.3) is 0 Å². The average molecular weight is 412 g/mol. The lowest BCUT2D eigenvalue weighted by Gasteiger charge is -2.20. The standard InChI is InChI=1S/C19H19F3N2O3S/c20-19(21,22)14-2-1-3-15(8-14)27-16-6-12-9-24(10-13(12)7-16)18(25)26-11-17-23-4-5-28-17/h1-5,8,12-13,16H,6-7,9-11H2. The molecule has 1 saturated carbocycles. The van der Waals surface area contributed by atoms with E-state index in [0.29, 0.717) is 13.1 Å². The molecule has 0 bridgehead atoms. The van der Waals surface area contributed by atoms with Crippen molar-refractivity contribution < 1.29 is 27.4 Å². The highest BCUT2D eigenvalue weighted by Gasteiger charge is 2.44. The quantitative estimate of drug-likeness (QED) is 0.737. The third-order valence-electron chi connectivity index (χ3n) is 5.23. The Balaban J connectivity index is 1.28. The van der Waals surface area contributed by atoms with E-state index in [4.69, 9.17) is 9.47 Å². The van der Waals surface area contributed by atoms with Gasteiger partial charge >= 0.3 is 12.3 Å². The minimum atomic E-state index is -4.38. The number of benzene rings is 1. The molecule has 2 aromatic rings. The predicted octanol–water partition coefficient (Wildman–Crippen LogP) is 4.59. The van der Waals surface area contributed by atoms with Gasteiger partial charge in [-0.2, -0.15) is 13.2 Å². The van der Waals surface area contributed by atoms with E-state index in [0.717, 1.165) is 30.0 Å². The van der Waals surface area contributed by atoms with Crippen LogP contribution in [0.1, 0.15) is 23.4 Å². The van der Waals surface area contributed by atoms with Crippen LogP contribution >= 0.6 is 11.3 Å². The number of ether oxygens (including phenoxy) is 2. The van der Waals surface area contributed by atoms with E-state index in [9.17, 15) is 18.0 Å². The lowest BCUT2D eigenvalue weighted by molar-refractivity contribution is -0.137. The first-order valence-corrected chi connectivity index (χ1v) is 9.90. The van der Waals surface area contributed by atoms with E-state index < -0.39 is 11.7 Å². The molecule has 4 rings (SSSR count). The van der Waals surface area contributed by atoms with Gasteiger partial charge in [-0.1, -0.05) is 6.07 Å². The van der Waals surface area contributed by atoms with Crippen LogP contribution in [-0.2, 0) is 17.5 Å². The number of nitrogens with zero attached hydrogens (tertiary/aromatic N) is 2. The number of carbonyl (C=O) groups excluding carboxylic acids is 1. The van der Waals surface area contributed by atoms with E-state index in [1.165, 1.54) is 17.4 Å². The number of likely N-dealkylation sites (tertiary alicyclic amines) is 1. The molecule has 2 heterocycles. The zero-order valence-corrected chi connectivity index (χ0v) is 15.7. The van der Waals surface area contributed by atoms with E-state index >= 15 is 0 Å². The number of amides is 1. The molecule has 2 unspecified atom stereocenters. The Hall–Kier alpha value is -2.29. The average Bonchev–Trinajstić information content (AvgIpc) is 3.35. The summed E-state index contributed by atoms with van der Waals surface area (Å²) in [5.41, 5.74) is -0.711. The van der Waals surface area contributed by atoms with Crippen molar-refractivity contribution in [1.29, 1.82) is 0 Å². The normalized spacial score (nSPS) is 24.2. The fourth-order valence-electron chi connectivity index (χ4n) is 3.97. The second-order valence-electron chi connectivity index (χ2n) is 7.14. The molecule has 5 nitrogen and oxygen atoms in total. The van der Waals surface area contributed by atoms with E-state index in [1.54, 1.807) is 17.2 Å². The Kier molecular flexibility index (Phi) is 5.18. The molecule has 2 fully saturated rings. The molecule has 0 N–H and O–H groups in total. The highest BCUT2D eigenvalue weighted by Crippen LogP contribution is 2.40. The predicted molar refractivity (Wildman–Crippen MR) is 95.9 cm³/mol. The molecule has 1 aromatic heterocycles. The molecule has 1 saturated heterocycles. The summed E-state index contributed by atoms with van der Waals surface area (Å²) in [6.45, 7) is 1.34. The summed E-state index contributed by atoms with van der Waals surface area (Å²) in [7, 11) is 0. The maximum Gasteiger partial charge on any atom is 0.416 e. The minimum absolute atomic E-state index is 0.132. The van der Waals surface area contributed by atoms with Crippen molar-refractivity contribution in [3.63, 3.8) is 0 Å². The van der Waals surface area contributed by atoms with Gasteiger partial charge in [-0.25, -0.2) is 9.78 Å². The molecule has 1 amide bonds. The van der Waals surface area contributed by atoms with Crippen LogP contribution in [-0.4, -0.2) is 35.2 Å². The molecule has 1 aliphatic heterocycles. The number of fused-ring (bicyclic) bond motifs is 1. The van der Waals surface area contributed by atoms with Crippen LogP contribution in [0, 0.1) is 11.8 Å². The summed E-state index contributed by atoms with van der Waals surface area (Å²) < 4.78 is 49.6. The molecule has 9 heteroatoms. The molecule has 2 atom stereocenters. The lowest BCUT2D eigenvalue weighted by Crippen LogP contribution is -2.31. The first-order chi connectivity index (χ1) is 13.4. The Bertz CT molecular complexity index is 814. The fraction of sp³-hybridized carbons (Fsp3) is 0.474. The van der Waals surface area contributed by atoms with Crippen LogP contribution in [0.2, 0.25) is 0 Å². The molecule has 0 spiro atoms. The number of alkyl halides is 3. The molecule has 0 radical (unpaired) electrons. The summed E-state index contributed by atoms with van der Waals surface area (Å²) in [5, 5.41) is 2.58. The smallest absolute Gasteiger partial charge is 0.416 e. The van der Waals surface area contributed by atoms with Gasteiger partial charge in [-0.15, -0.1) is 11.3 Å². The number of rotatable bonds is 4. The van der Waals surface area contributed by atoms with Gasteiger partial charge in [0.25, 0.3) is 0 Å². The van der Waals surface area contributed by atoms with E-state index in [2.05, 4.69) is 4.98 Å². The van der Waals surface area contributed by atoms with Crippen molar-refractivity contribution in [3.05, 3.63) is 46.4 Å². The Morgan fingerprint density at radius 1 is 1.25 bits per heavy atom. The molecular formula is C19H19F3N2O3S. The van der Waals surface area contributed by atoms with Gasteiger partial charge in [0.15, 0.2) is 0 Å². The lowest BCUT2D eigenvalue weighted by atomic mass is 10.0. The van der Waals surface area contributed by atoms with Gasteiger partial charge in [0.1, 0.15) is 17.4 Å². The van der Waals surface area contributed by atoms with Gasteiger partial charge in [-0.05, 0) is 42.9 Å². The number of hydrogen-bond donors (Lipinski definition) is 0. The van der Waals surface area contributed by atoms with Crippen LogP contribution < -0.4 is 4.74 Å². The van der Waals surface area contributed by atoms with E-state index in [1.807, 2.05) is 5.38 Å². The fourth-order valence-corrected chi connectivity index (χ4v) is 4.49. The van der Waals surface area contributed by atoms with Crippen LogP contribution in [0.5, 0.6) is 5.75 Å².